The molecule has 6 nitrogen and oxygen atoms in total. The molecule has 0 heterocycles. The van der Waals surface area contributed by atoms with Gasteiger partial charge in [0.25, 0.3) is 5.91 Å². The number of aryl methyl sites for hydroxylation is 1. The number of amides is 1. The van der Waals surface area contributed by atoms with Crippen molar-refractivity contribution < 1.29 is 9.53 Å². The van der Waals surface area contributed by atoms with Gasteiger partial charge in [0, 0.05) is 38.0 Å². The average molecular weight is 280 g/mol. The van der Waals surface area contributed by atoms with Crippen LogP contribution in [0.5, 0.6) is 0 Å². The normalized spacial score (nSPS) is 10.7. The fourth-order valence-electron chi connectivity index (χ4n) is 1.82. The Labute approximate surface area is 120 Å². The molecule has 4 N–H and O–H groups in total. The summed E-state index contributed by atoms with van der Waals surface area (Å²) < 4.78 is 5.00. The maximum atomic E-state index is 12.1. The van der Waals surface area contributed by atoms with Crippen LogP contribution in [-0.4, -0.2) is 51.2 Å². The fraction of sp³-hybridized carbons (Fsp3) is 0.500. The third kappa shape index (κ3) is 5.16. The molecule has 1 amide bonds. The summed E-state index contributed by atoms with van der Waals surface area (Å²) in [6.07, 6.45) is 0. The van der Waals surface area contributed by atoms with Crippen molar-refractivity contribution in [3.05, 3.63) is 29.3 Å². The molecule has 0 aromatic heterocycles. The van der Waals surface area contributed by atoms with Crippen molar-refractivity contribution in [3.63, 3.8) is 0 Å². The van der Waals surface area contributed by atoms with E-state index < -0.39 is 0 Å². The Morgan fingerprint density at radius 3 is 2.75 bits per heavy atom. The number of ether oxygens (including phenoxy) is 1. The molecule has 0 radical (unpaired) electrons. The van der Waals surface area contributed by atoms with Gasteiger partial charge in [-0.25, -0.2) is 0 Å². The Bertz CT molecular complexity index is 437. The van der Waals surface area contributed by atoms with E-state index in [0.29, 0.717) is 18.7 Å². The van der Waals surface area contributed by atoms with E-state index in [9.17, 15) is 4.79 Å². The highest BCUT2D eigenvalue weighted by atomic mass is 16.5. The minimum atomic E-state index is -0.0637. The Morgan fingerprint density at radius 2 is 2.15 bits per heavy atom. The smallest absolute Gasteiger partial charge is 0.251 e. The van der Waals surface area contributed by atoms with E-state index in [1.54, 1.807) is 19.2 Å². The molecule has 1 rings (SSSR count). The minimum Gasteiger partial charge on any atom is -0.383 e. The van der Waals surface area contributed by atoms with Gasteiger partial charge in [-0.1, -0.05) is 0 Å². The van der Waals surface area contributed by atoms with Gasteiger partial charge in [0.15, 0.2) is 0 Å². The number of benzene rings is 1. The van der Waals surface area contributed by atoms with Crippen molar-refractivity contribution in [2.45, 2.75) is 6.92 Å². The van der Waals surface area contributed by atoms with E-state index in [1.165, 1.54) is 0 Å². The number of nitrogens with zero attached hydrogens (tertiary/aromatic N) is 1. The zero-order valence-electron chi connectivity index (χ0n) is 12.4. The number of carbonyl (C=O) groups excluding carboxylic acids is 1. The quantitative estimate of drug-likeness (QED) is 0.480. The van der Waals surface area contributed by atoms with E-state index in [2.05, 4.69) is 15.6 Å². The summed E-state index contributed by atoms with van der Waals surface area (Å²) >= 11 is 0. The number of nitrogens with two attached hydrogens (primary N) is 1. The van der Waals surface area contributed by atoms with Gasteiger partial charge in [0.05, 0.1) is 6.61 Å². The molecular weight excluding hydrogens is 256 g/mol. The van der Waals surface area contributed by atoms with Crippen LogP contribution >= 0.6 is 0 Å². The van der Waals surface area contributed by atoms with Crippen LogP contribution in [0.3, 0.4) is 0 Å². The molecule has 112 valence electrons. The summed E-state index contributed by atoms with van der Waals surface area (Å²) in [5.74, 6) is 5.27. The number of methoxy groups -OCH3 is 1. The molecule has 6 heteroatoms. The van der Waals surface area contributed by atoms with Crippen molar-refractivity contribution in [1.82, 2.24) is 10.2 Å². The Morgan fingerprint density at radius 1 is 1.40 bits per heavy atom. The molecule has 0 fully saturated rings. The van der Waals surface area contributed by atoms with Gasteiger partial charge in [-0.2, -0.15) is 0 Å². The number of hydrogen-bond donors (Lipinski definition) is 3. The molecule has 0 saturated carbocycles. The second-order valence-corrected chi connectivity index (χ2v) is 4.73. The Hall–Kier alpha value is -1.63. The number of carbonyl (C=O) groups is 1. The van der Waals surface area contributed by atoms with Gasteiger partial charge in [-0.15, -0.1) is 0 Å². The number of rotatable bonds is 8. The maximum absolute atomic E-state index is 12.1. The molecule has 0 spiro atoms. The predicted octanol–water partition coefficient (Wildman–Crippen LogP) is 0.589. The van der Waals surface area contributed by atoms with Crippen LogP contribution in [0.25, 0.3) is 0 Å². The summed E-state index contributed by atoms with van der Waals surface area (Å²) in [5, 5.41) is 2.91. The Balaban J connectivity index is 2.43. The highest BCUT2D eigenvalue weighted by Gasteiger charge is 2.09. The van der Waals surface area contributed by atoms with Crippen molar-refractivity contribution in [2.24, 2.45) is 5.84 Å². The second-order valence-electron chi connectivity index (χ2n) is 4.73. The van der Waals surface area contributed by atoms with Gasteiger partial charge in [-0.3, -0.25) is 10.6 Å². The van der Waals surface area contributed by atoms with Crippen molar-refractivity contribution >= 4 is 11.6 Å². The molecule has 20 heavy (non-hydrogen) atoms. The maximum Gasteiger partial charge on any atom is 0.251 e. The average Bonchev–Trinajstić information content (AvgIpc) is 2.44. The summed E-state index contributed by atoms with van der Waals surface area (Å²) in [4.78, 5) is 14.2. The van der Waals surface area contributed by atoms with Crippen LogP contribution in [0.15, 0.2) is 18.2 Å². The van der Waals surface area contributed by atoms with E-state index in [-0.39, 0.29) is 5.91 Å². The summed E-state index contributed by atoms with van der Waals surface area (Å²) in [6, 6.07) is 5.40. The number of hydrogen-bond acceptors (Lipinski definition) is 5. The van der Waals surface area contributed by atoms with E-state index in [1.807, 2.05) is 20.0 Å². The van der Waals surface area contributed by atoms with Crippen LogP contribution in [0.4, 0.5) is 5.69 Å². The lowest BCUT2D eigenvalue weighted by molar-refractivity contribution is 0.0947. The second kappa shape index (κ2) is 8.52. The van der Waals surface area contributed by atoms with Gasteiger partial charge >= 0.3 is 0 Å². The van der Waals surface area contributed by atoms with Crippen LogP contribution in [0.1, 0.15) is 15.9 Å². The number of nitrogen functional groups attached to an aromatic ring is 1. The first-order chi connectivity index (χ1) is 9.58. The SMILES string of the molecule is COCCN(C)CCNC(=O)c1ccc(NN)cc1C. The van der Waals surface area contributed by atoms with Gasteiger partial charge in [-0.05, 0) is 37.7 Å². The monoisotopic (exact) mass is 280 g/mol. The number of nitrogens with one attached hydrogen (secondary N) is 2. The lowest BCUT2D eigenvalue weighted by Gasteiger charge is -2.16. The lowest BCUT2D eigenvalue weighted by atomic mass is 10.1. The Kier molecular flexibility index (Phi) is 7.00. The highest BCUT2D eigenvalue weighted by Crippen LogP contribution is 2.13. The summed E-state index contributed by atoms with van der Waals surface area (Å²) in [7, 11) is 3.68. The largest absolute Gasteiger partial charge is 0.383 e. The van der Waals surface area contributed by atoms with E-state index >= 15 is 0 Å². The molecule has 0 saturated heterocycles. The fourth-order valence-corrected chi connectivity index (χ4v) is 1.82. The highest BCUT2D eigenvalue weighted by molar-refractivity contribution is 5.96. The van der Waals surface area contributed by atoms with Crippen LogP contribution < -0.4 is 16.6 Å². The minimum absolute atomic E-state index is 0.0637. The van der Waals surface area contributed by atoms with Crippen LogP contribution in [0, 0.1) is 6.92 Å². The molecule has 0 aliphatic rings. The first kappa shape index (κ1) is 16.4. The zero-order chi connectivity index (χ0) is 15.0. The van der Waals surface area contributed by atoms with Crippen molar-refractivity contribution in [1.29, 1.82) is 0 Å². The van der Waals surface area contributed by atoms with E-state index in [4.69, 9.17) is 10.6 Å². The molecule has 0 unspecified atom stereocenters. The lowest BCUT2D eigenvalue weighted by Crippen LogP contribution is -2.34. The topological polar surface area (TPSA) is 79.6 Å². The first-order valence-corrected chi connectivity index (χ1v) is 6.61. The molecule has 0 bridgehead atoms. The zero-order valence-corrected chi connectivity index (χ0v) is 12.4. The predicted molar refractivity (Wildman–Crippen MR) is 80.7 cm³/mol. The van der Waals surface area contributed by atoms with Crippen molar-refractivity contribution in [2.75, 3.05) is 45.8 Å². The molecule has 0 aliphatic carbocycles. The third-order valence-electron chi connectivity index (χ3n) is 3.09. The molecule has 1 aromatic rings. The van der Waals surface area contributed by atoms with Crippen molar-refractivity contribution in [3.8, 4) is 0 Å². The summed E-state index contributed by atoms with van der Waals surface area (Å²) in [5.41, 5.74) is 4.92. The number of anilines is 1. The molecule has 1 aromatic carbocycles. The number of hydrazine groups is 1. The van der Waals surface area contributed by atoms with E-state index in [0.717, 1.165) is 24.3 Å². The standard InChI is InChI=1S/C14H24N4O2/c1-11-10-12(17-15)4-5-13(11)14(19)16-6-7-18(2)8-9-20-3/h4-5,10,17H,6-9,15H2,1-3H3,(H,16,19). The van der Waals surface area contributed by atoms with Crippen LogP contribution in [-0.2, 0) is 4.74 Å². The van der Waals surface area contributed by atoms with Gasteiger partial charge in [0.2, 0.25) is 0 Å². The molecule has 0 atom stereocenters. The molecular formula is C14H24N4O2. The van der Waals surface area contributed by atoms with Crippen LogP contribution in [0.2, 0.25) is 0 Å². The molecule has 0 aliphatic heterocycles. The number of likely N-dealkylation sites (N-methyl/N-ethyl adjacent to an activating group) is 1. The first-order valence-electron chi connectivity index (χ1n) is 6.61. The van der Waals surface area contributed by atoms with Gasteiger partial charge < -0.3 is 20.4 Å². The summed E-state index contributed by atoms with van der Waals surface area (Å²) in [6.45, 7) is 4.83. The third-order valence-corrected chi connectivity index (χ3v) is 3.09. The van der Waals surface area contributed by atoms with Gasteiger partial charge in [0.1, 0.15) is 0 Å².